The van der Waals surface area contributed by atoms with Crippen molar-refractivity contribution in [2.24, 2.45) is 0 Å². The van der Waals surface area contributed by atoms with E-state index in [0.29, 0.717) is 0 Å². The van der Waals surface area contributed by atoms with Crippen molar-refractivity contribution in [2.75, 3.05) is 10.6 Å². The minimum Gasteiger partial charge on any atom is -0.323 e. The smallest absolute Gasteiger partial charge is 0.266 e. The van der Waals surface area contributed by atoms with Crippen LogP contribution in [0.5, 0.6) is 0 Å². The van der Waals surface area contributed by atoms with E-state index in [0.717, 1.165) is 30.9 Å². The number of amides is 2. The van der Waals surface area contributed by atoms with E-state index in [1.165, 1.54) is 0 Å². The molecule has 8 heteroatoms. The van der Waals surface area contributed by atoms with Gasteiger partial charge in [0.2, 0.25) is 12.7 Å². The summed E-state index contributed by atoms with van der Waals surface area (Å²) in [5, 5.41) is 5.78. The average molecular weight is 445 g/mol. The van der Waals surface area contributed by atoms with Crippen LogP contribution in [0, 0.1) is 0 Å². The first-order valence-corrected chi connectivity index (χ1v) is 10.9. The molecule has 2 aromatic carbocycles. The zero-order chi connectivity index (χ0) is 22.9. The Bertz CT molecular complexity index is 1090. The van der Waals surface area contributed by atoms with Crippen molar-refractivity contribution < 1.29 is 18.7 Å². The van der Waals surface area contributed by atoms with Crippen molar-refractivity contribution in [3.05, 3.63) is 98.1 Å². The van der Waals surface area contributed by atoms with Gasteiger partial charge in [0.1, 0.15) is 24.8 Å². The Morgan fingerprint density at radius 2 is 1.09 bits per heavy atom. The molecule has 2 N–H and O–H groups in total. The molecular weight excluding hydrogens is 416 g/mol. The van der Waals surface area contributed by atoms with E-state index in [1.807, 2.05) is 107 Å². The Balaban J connectivity index is 1.19. The second-order valence-electron chi connectivity index (χ2n) is 7.83. The molecule has 0 aliphatic carbocycles. The summed E-state index contributed by atoms with van der Waals surface area (Å²) in [5.74, 6) is -0.116. The Morgan fingerprint density at radius 3 is 1.52 bits per heavy atom. The number of rotatable bonds is 10. The summed E-state index contributed by atoms with van der Waals surface area (Å²) in [6.45, 7) is 2.20. The number of hydrogen-bond acceptors (Lipinski definition) is 2. The first kappa shape index (κ1) is 22.0. The highest BCUT2D eigenvalue weighted by atomic mass is 16.2. The van der Waals surface area contributed by atoms with Gasteiger partial charge in [-0.2, -0.15) is 0 Å². The van der Waals surface area contributed by atoms with Gasteiger partial charge < -0.3 is 10.6 Å². The van der Waals surface area contributed by atoms with Gasteiger partial charge in [-0.15, -0.1) is 0 Å². The van der Waals surface area contributed by atoms with Gasteiger partial charge in [-0.25, -0.2) is 18.3 Å². The SMILES string of the molecule is O=C(C[n+]1ccn(CCCn2cc[n+](CC(=O)Nc3ccccc3)c2)c1)Nc1ccccc1. The average Bonchev–Trinajstić information content (AvgIpc) is 3.44. The van der Waals surface area contributed by atoms with Gasteiger partial charge in [-0.1, -0.05) is 36.4 Å². The molecule has 33 heavy (non-hydrogen) atoms. The summed E-state index contributed by atoms with van der Waals surface area (Å²) in [6.07, 6.45) is 12.6. The molecular formula is C25H28N6O2+2. The summed E-state index contributed by atoms with van der Waals surface area (Å²) in [7, 11) is 0. The molecule has 0 saturated heterocycles. The van der Waals surface area contributed by atoms with Crippen LogP contribution in [0.3, 0.4) is 0 Å². The Hall–Kier alpha value is -4.20. The standard InChI is InChI=1S/C25H26N6O2/c32-24(26-22-8-3-1-4-9-22)18-30-16-14-28(20-30)12-7-13-29-15-17-31(21-29)19-25(33)27-23-10-5-2-6-11-23/h1-6,8-11,14-17,20-21H,7,12-13,18-19H2/p+2. The minimum atomic E-state index is -0.0582. The zero-order valence-electron chi connectivity index (χ0n) is 18.4. The molecule has 4 rings (SSSR count). The quantitative estimate of drug-likeness (QED) is 0.368. The van der Waals surface area contributed by atoms with E-state index in [9.17, 15) is 9.59 Å². The number of aryl methyl sites for hydroxylation is 2. The van der Waals surface area contributed by atoms with Crippen molar-refractivity contribution in [1.29, 1.82) is 0 Å². The first-order chi connectivity index (χ1) is 16.1. The third kappa shape index (κ3) is 6.90. The lowest BCUT2D eigenvalue weighted by Crippen LogP contribution is -2.38. The largest absolute Gasteiger partial charge is 0.323 e. The van der Waals surface area contributed by atoms with Gasteiger partial charge in [-0.05, 0) is 24.3 Å². The fourth-order valence-electron chi connectivity index (χ4n) is 3.54. The normalized spacial score (nSPS) is 10.7. The third-order valence-corrected chi connectivity index (χ3v) is 5.09. The number of imidazole rings is 2. The molecule has 0 aliphatic heterocycles. The van der Waals surface area contributed by atoms with Crippen LogP contribution >= 0.6 is 0 Å². The molecule has 0 radical (unpaired) electrons. The summed E-state index contributed by atoms with van der Waals surface area (Å²) >= 11 is 0. The number of anilines is 2. The number of nitrogens with zero attached hydrogens (tertiary/aromatic N) is 4. The molecule has 0 bridgehead atoms. The molecule has 2 amide bonds. The molecule has 0 unspecified atom stereocenters. The van der Waals surface area contributed by atoms with Gasteiger partial charge in [0.05, 0.1) is 13.1 Å². The molecule has 0 aliphatic rings. The summed E-state index contributed by atoms with van der Waals surface area (Å²) in [5.41, 5.74) is 1.59. The van der Waals surface area contributed by atoms with Gasteiger partial charge in [0.25, 0.3) is 11.8 Å². The van der Waals surface area contributed by atoms with Crippen LogP contribution in [0.4, 0.5) is 11.4 Å². The van der Waals surface area contributed by atoms with Gasteiger partial charge >= 0.3 is 0 Å². The number of carbonyl (C=O) groups excluding carboxylic acids is 2. The monoisotopic (exact) mass is 444 g/mol. The third-order valence-electron chi connectivity index (χ3n) is 5.09. The first-order valence-electron chi connectivity index (χ1n) is 10.9. The zero-order valence-corrected chi connectivity index (χ0v) is 18.4. The number of carbonyl (C=O) groups is 2. The molecule has 0 saturated carbocycles. The molecule has 168 valence electrons. The van der Waals surface area contributed by atoms with Gasteiger partial charge in [0, 0.05) is 17.8 Å². The highest BCUT2D eigenvalue weighted by molar-refractivity contribution is 5.90. The van der Waals surface area contributed by atoms with Crippen LogP contribution in [0.2, 0.25) is 0 Å². The lowest BCUT2D eigenvalue weighted by Gasteiger charge is -2.02. The van der Waals surface area contributed by atoms with E-state index in [4.69, 9.17) is 0 Å². The fourth-order valence-corrected chi connectivity index (χ4v) is 3.54. The van der Waals surface area contributed by atoms with Crippen LogP contribution in [-0.4, -0.2) is 20.9 Å². The molecule has 2 heterocycles. The van der Waals surface area contributed by atoms with Crippen LogP contribution in [0.25, 0.3) is 0 Å². The van der Waals surface area contributed by atoms with E-state index in [-0.39, 0.29) is 24.9 Å². The number of nitrogens with one attached hydrogen (secondary N) is 2. The molecule has 2 aromatic heterocycles. The molecule has 8 nitrogen and oxygen atoms in total. The summed E-state index contributed by atoms with van der Waals surface area (Å²) < 4.78 is 7.88. The predicted octanol–water partition coefficient (Wildman–Crippen LogP) is 2.23. The highest BCUT2D eigenvalue weighted by Gasteiger charge is 2.12. The van der Waals surface area contributed by atoms with E-state index >= 15 is 0 Å². The fraction of sp³-hybridized carbons (Fsp3) is 0.200. The van der Waals surface area contributed by atoms with E-state index < -0.39 is 0 Å². The summed E-state index contributed by atoms with van der Waals surface area (Å²) in [4.78, 5) is 24.4. The predicted molar refractivity (Wildman–Crippen MR) is 124 cm³/mol. The second kappa shape index (κ2) is 10.9. The van der Waals surface area contributed by atoms with Crippen molar-refractivity contribution in [1.82, 2.24) is 9.13 Å². The van der Waals surface area contributed by atoms with Crippen molar-refractivity contribution >= 4 is 23.2 Å². The van der Waals surface area contributed by atoms with Crippen LogP contribution in [-0.2, 0) is 35.8 Å². The lowest BCUT2D eigenvalue weighted by atomic mass is 10.3. The molecule has 4 aromatic rings. The Labute approximate surface area is 192 Å². The number of para-hydroxylation sites is 2. The minimum absolute atomic E-state index is 0.0582. The molecule has 0 spiro atoms. The maximum absolute atomic E-state index is 12.2. The molecule has 0 fully saturated rings. The van der Waals surface area contributed by atoms with Gasteiger partial charge in [0.15, 0.2) is 13.1 Å². The van der Waals surface area contributed by atoms with Crippen molar-refractivity contribution in [2.45, 2.75) is 32.6 Å². The molecule has 0 atom stereocenters. The summed E-state index contributed by atoms with van der Waals surface area (Å²) in [6, 6.07) is 18.9. The van der Waals surface area contributed by atoms with E-state index in [1.54, 1.807) is 0 Å². The number of aromatic nitrogens is 4. The lowest BCUT2D eigenvalue weighted by molar-refractivity contribution is -0.683. The van der Waals surface area contributed by atoms with Crippen LogP contribution in [0.15, 0.2) is 98.1 Å². The highest BCUT2D eigenvalue weighted by Crippen LogP contribution is 2.05. The van der Waals surface area contributed by atoms with Gasteiger partial charge in [-0.3, -0.25) is 9.59 Å². The second-order valence-corrected chi connectivity index (χ2v) is 7.83. The topological polar surface area (TPSA) is 75.8 Å². The van der Waals surface area contributed by atoms with E-state index in [2.05, 4.69) is 19.8 Å². The van der Waals surface area contributed by atoms with Crippen molar-refractivity contribution in [3.63, 3.8) is 0 Å². The Kier molecular flexibility index (Phi) is 7.27. The van der Waals surface area contributed by atoms with Crippen LogP contribution < -0.4 is 19.8 Å². The number of hydrogen-bond donors (Lipinski definition) is 2. The maximum Gasteiger partial charge on any atom is 0.266 e. The number of benzene rings is 2. The Morgan fingerprint density at radius 1 is 0.667 bits per heavy atom. The maximum atomic E-state index is 12.2. The van der Waals surface area contributed by atoms with Crippen LogP contribution in [0.1, 0.15) is 6.42 Å². The van der Waals surface area contributed by atoms with Crippen molar-refractivity contribution in [3.8, 4) is 0 Å².